The van der Waals surface area contributed by atoms with E-state index in [9.17, 15) is 18.0 Å². The van der Waals surface area contributed by atoms with Crippen LogP contribution in [0.3, 0.4) is 0 Å². The molecular formula is C18H14F3N3O2S. The van der Waals surface area contributed by atoms with E-state index < -0.39 is 11.7 Å². The Morgan fingerprint density at radius 2 is 1.85 bits per heavy atom. The topological polar surface area (TPSA) is 68.0 Å². The van der Waals surface area contributed by atoms with Gasteiger partial charge in [-0.3, -0.25) is 4.79 Å². The summed E-state index contributed by atoms with van der Waals surface area (Å²) in [7, 11) is 0. The first-order chi connectivity index (χ1) is 12.9. The highest BCUT2D eigenvalue weighted by molar-refractivity contribution is 7.98. The first-order valence-corrected chi connectivity index (χ1v) is 8.85. The molecule has 0 atom stereocenters. The molecule has 1 amide bonds. The van der Waals surface area contributed by atoms with Gasteiger partial charge in [-0.2, -0.15) is 13.2 Å². The number of amides is 1. The fraction of sp³-hybridized carbons (Fsp3) is 0.167. The molecule has 0 bridgehead atoms. The van der Waals surface area contributed by atoms with Gasteiger partial charge in [0.15, 0.2) is 0 Å². The minimum atomic E-state index is -4.38. The fourth-order valence-corrected chi connectivity index (χ4v) is 2.92. The number of benzene rings is 2. The minimum absolute atomic E-state index is 0.0604. The van der Waals surface area contributed by atoms with Crippen LogP contribution in [0.5, 0.6) is 0 Å². The smallest absolute Gasteiger partial charge is 0.414 e. The number of halogens is 3. The molecule has 0 aliphatic rings. The van der Waals surface area contributed by atoms with Crippen LogP contribution in [-0.4, -0.2) is 16.1 Å². The second kappa shape index (κ2) is 8.26. The highest BCUT2D eigenvalue weighted by Crippen LogP contribution is 2.31. The first-order valence-electron chi connectivity index (χ1n) is 7.86. The molecule has 1 heterocycles. The van der Waals surface area contributed by atoms with E-state index in [1.807, 2.05) is 6.07 Å². The van der Waals surface area contributed by atoms with Crippen LogP contribution in [-0.2, 0) is 18.5 Å². The molecule has 0 radical (unpaired) electrons. The molecule has 0 saturated carbocycles. The van der Waals surface area contributed by atoms with Crippen molar-refractivity contribution in [3.63, 3.8) is 0 Å². The van der Waals surface area contributed by atoms with E-state index in [1.54, 1.807) is 30.3 Å². The van der Waals surface area contributed by atoms with Gasteiger partial charge in [0.05, 0.1) is 12.1 Å². The van der Waals surface area contributed by atoms with Crippen molar-refractivity contribution in [3.8, 4) is 0 Å². The molecule has 5 nitrogen and oxygen atoms in total. The molecule has 27 heavy (non-hydrogen) atoms. The van der Waals surface area contributed by atoms with E-state index in [4.69, 9.17) is 4.42 Å². The SMILES string of the molecule is O=C(NCc1nnc(SCc2cccc(C(F)(F)F)c2)o1)c1ccccc1. The molecule has 0 spiro atoms. The maximum atomic E-state index is 12.7. The predicted octanol–water partition coefficient (Wildman–Crippen LogP) is 4.31. The van der Waals surface area contributed by atoms with Crippen molar-refractivity contribution in [2.24, 2.45) is 0 Å². The second-order valence-corrected chi connectivity index (χ2v) is 6.42. The molecule has 9 heteroatoms. The quantitative estimate of drug-likeness (QED) is 0.632. The summed E-state index contributed by atoms with van der Waals surface area (Å²) in [5, 5.41) is 10.5. The molecule has 0 aliphatic carbocycles. The van der Waals surface area contributed by atoms with Gasteiger partial charge in [-0.25, -0.2) is 0 Å². The number of nitrogens with one attached hydrogen (secondary N) is 1. The van der Waals surface area contributed by atoms with Crippen molar-refractivity contribution in [1.29, 1.82) is 0 Å². The molecule has 1 N–H and O–H groups in total. The monoisotopic (exact) mass is 393 g/mol. The molecule has 140 valence electrons. The van der Waals surface area contributed by atoms with Crippen LogP contribution in [0.2, 0.25) is 0 Å². The lowest BCUT2D eigenvalue weighted by molar-refractivity contribution is -0.137. The Bertz CT molecular complexity index is 913. The summed E-state index contributed by atoms with van der Waals surface area (Å²) in [4.78, 5) is 12.0. The Hall–Kier alpha value is -2.81. The standard InChI is InChI=1S/C18H14F3N3O2S/c19-18(20,21)14-8-4-5-12(9-14)11-27-17-24-23-15(26-17)10-22-16(25)13-6-2-1-3-7-13/h1-9H,10-11H2,(H,22,25). The lowest BCUT2D eigenvalue weighted by Crippen LogP contribution is -2.22. The van der Waals surface area contributed by atoms with Gasteiger partial charge in [0, 0.05) is 11.3 Å². The van der Waals surface area contributed by atoms with Crippen molar-refractivity contribution in [1.82, 2.24) is 15.5 Å². The Morgan fingerprint density at radius 3 is 2.59 bits per heavy atom. The lowest BCUT2D eigenvalue weighted by Gasteiger charge is -2.07. The Morgan fingerprint density at radius 1 is 1.07 bits per heavy atom. The number of aromatic nitrogens is 2. The van der Waals surface area contributed by atoms with Gasteiger partial charge in [0.25, 0.3) is 11.1 Å². The van der Waals surface area contributed by atoms with Crippen molar-refractivity contribution in [2.45, 2.75) is 23.7 Å². The average molecular weight is 393 g/mol. The third kappa shape index (κ3) is 5.33. The van der Waals surface area contributed by atoms with Crippen LogP contribution in [0.4, 0.5) is 13.2 Å². The van der Waals surface area contributed by atoms with Crippen LogP contribution in [0.25, 0.3) is 0 Å². The average Bonchev–Trinajstić information content (AvgIpc) is 3.13. The van der Waals surface area contributed by atoms with Crippen molar-refractivity contribution in [2.75, 3.05) is 0 Å². The molecule has 0 unspecified atom stereocenters. The number of rotatable bonds is 6. The molecule has 0 fully saturated rings. The van der Waals surface area contributed by atoms with Crippen molar-refractivity contribution >= 4 is 17.7 Å². The Balaban J connectivity index is 1.53. The number of hydrogen-bond acceptors (Lipinski definition) is 5. The Kier molecular flexibility index (Phi) is 5.80. The highest BCUT2D eigenvalue weighted by Gasteiger charge is 2.30. The number of thioether (sulfide) groups is 1. The third-order valence-electron chi connectivity index (χ3n) is 3.50. The van der Waals surface area contributed by atoms with Gasteiger partial charge >= 0.3 is 6.18 Å². The minimum Gasteiger partial charge on any atom is -0.414 e. The summed E-state index contributed by atoms with van der Waals surface area (Å²) in [6, 6.07) is 13.7. The number of hydrogen-bond donors (Lipinski definition) is 1. The molecule has 1 aromatic heterocycles. The van der Waals surface area contributed by atoms with E-state index in [0.717, 1.165) is 23.9 Å². The van der Waals surface area contributed by atoms with Gasteiger partial charge in [-0.1, -0.05) is 48.2 Å². The van der Waals surface area contributed by atoms with Gasteiger partial charge in [0.1, 0.15) is 0 Å². The zero-order chi connectivity index (χ0) is 19.3. The normalized spacial score (nSPS) is 11.4. The zero-order valence-corrected chi connectivity index (χ0v) is 14.7. The van der Waals surface area contributed by atoms with E-state index in [1.165, 1.54) is 6.07 Å². The van der Waals surface area contributed by atoms with E-state index >= 15 is 0 Å². The van der Waals surface area contributed by atoms with Crippen molar-refractivity contribution < 1.29 is 22.4 Å². The van der Waals surface area contributed by atoms with Crippen LogP contribution in [0.1, 0.15) is 27.4 Å². The summed E-state index contributed by atoms with van der Waals surface area (Å²) in [5.74, 6) is 0.194. The van der Waals surface area contributed by atoms with E-state index in [0.29, 0.717) is 11.1 Å². The largest absolute Gasteiger partial charge is 0.416 e. The van der Waals surface area contributed by atoms with Crippen LogP contribution >= 0.6 is 11.8 Å². The van der Waals surface area contributed by atoms with Crippen LogP contribution < -0.4 is 5.32 Å². The van der Waals surface area contributed by atoms with E-state index in [2.05, 4.69) is 15.5 Å². The number of nitrogens with zero attached hydrogens (tertiary/aromatic N) is 2. The lowest BCUT2D eigenvalue weighted by atomic mass is 10.1. The maximum Gasteiger partial charge on any atom is 0.416 e. The first kappa shape index (κ1) is 19.0. The number of carbonyl (C=O) groups is 1. The van der Waals surface area contributed by atoms with Crippen LogP contribution in [0, 0.1) is 0 Å². The molecule has 3 aromatic rings. The zero-order valence-electron chi connectivity index (χ0n) is 13.9. The van der Waals surface area contributed by atoms with Gasteiger partial charge < -0.3 is 9.73 Å². The summed E-state index contributed by atoms with van der Waals surface area (Å²) in [5.41, 5.74) is 0.304. The Labute approximate surface area is 157 Å². The van der Waals surface area contributed by atoms with Crippen LogP contribution in [0.15, 0.2) is 64.2 Å². The predicted molar refractivity (Wildman–Crippen MR) is 92.9 cm³/mol. The van der Waals surface area contributed by atoms with Gasteiger partial charge in [0.2, 0.25) is 5.89 Å². The van der Waals surface area contributed by atoms with E-state index in [-0.39, 0.29) is 29.3 Å². The second-order valence-electron chi connectivity index (χ2n) is 5.50. The maximum absolute atomic E-state index is 12.7. The highest BCUT2D eigenvalue weighted by atomic mass is 32.2. The molecule has 0 saturated heterocycles. The summed E-state index contributed by atoms with van der Waals surface area (Å²) in [6.45, 7) is 0.0604. The summed E-state index contributed by atoms with van der Waals surface area (Å²) in [6.07, 6.45) is -4.38. The molecule has 0 aliphatic heterocycles. The van der Waals surface area contributed by atoms with Crippen molar-refractivity contribution in [3.05, 3.63) is 77.2 Å². The molecular weight excluding hydrogens is 379 g/mol. The summed E-state index contributed by atoms with van der Waals surface area (Å²) < 4.78 is 43.6. The van der Waals surface area contributed by atoms with Gasteiger partial charge in [-0.15, -0.1) is 10.2 Å². The third-order valence-corrected chi connectivity index (χ3v) is 4.39. The molecule has 3 rings (SSSR count). The number of alkyl halides is 3. The summed E-state index contributed by atoms with van der Waals surface area (Å²) >= 11 is 1.12. The fourth-order valence-electron chi connectivity index (χ4n) is 2.20. The van der Waals surface area contributed by atoms with Gasteiger partial charge in [-0.05, 0) is 23.8 Å². The number of carbonyl (C=O) groups excluding carboxylic acids is 1. The molecule has 2 aromatic carbocycles.